The van der Waals surface area contributed by atoms with Crippen LogP contribution in [0.1, 0.15) is 22.3 Å². The Bertz CT molecular complexity index is 3090. The number of nitrogens with zero attached hydrogens (tertiary/aromatic N) is 1. The molecule has 12 rings (SSSR count). The topological polar surface area (TPSA) is 25.6 Å². The first kappa shape index (κ1) is 29.0. The molecule has 0 saturated carbocycles. The minimum Gasteiger partial charge on any atom is -0.457 e. The summed E-state index contributed by atoms with van der Waals surface area (Å²) in [6, 6.07) is 63.3. The molecular weight excluding hydrogens is 667 g/mol. The standard InChI is InChI=1S/C49H29NO2S/c1-5-17-38-32(12-1)33-13-2-6-18-39(33)49(38)40-19-7-9-22-44(40)52-46-29-31(25-27-41(46)49)50(30-24-26-35-34-14-3-8-21-43(34)51-45(35)28-30)42-20-11-16-37-36-15-4-10-23-47(36)53-48(37)42/h1-29H. The lowest BCUT2D eigenvalue weighted by atomic mass is 9.66. The van der Waals surface area contributed by atoms with Gasteiger partial charge < -0.3 is 14.1 Å². The van der Waals surface area contributed by atoms with Gasteiger partial charge in [0.2, 0.25) is 0 Å². The van der Waals surface area contributed by atoms with E-state index in [0.29, 0.717) is 0 Å². The van der Waals surface area contributed by atoms with E-state index < -0.39 is 5.41 Å². The molecule has 10 aromatic rings. The van der Waals surface area contributed by atoms with E-state index in [1.165, 1.54) is 48.0 Å². The van der Waals surface area contributed by atoms with Crippen LogP contribution in [-0.4, -0.2) is 0 Å². The lowest BCUT2D eigenvalue weighted by Gasteiger charge is -2.40. The van der Waals surface area contributed by atoms with Gasteiger partial charge in [0, 0.05) is 60.9 Å². The van der Waals surface area contributed by atoms with E-state index in [1.54, 1.807) is 0 Å². The van der Waals surface area contributed by atoms with Crippen molar-refractivity contribution in [1.29, 1.82) is 0 Å². The van der Waals surface area contributed by atoms with Crippen molar-refractivity contribution in [2.24, 2.45) is 0 Å². The summed E-state index contributed by atoms with van der Waals surface area (Å²) in [6.45, 7) is 0. The Hall–Kier alpha value is -6.62. The van der Waals surface area contributed by atoms with Crippen molar-refractivity contribution in [1.82, 2.24) is 0 Å². The summed E-state index contributed by atoms with van der Waals surface area (Å²) in [5.41, 5.74) is 11.8. The molecule has 0 atom stereocenters. The lowest BCUT2D eigenvalue weighted by Crippen LogP contribution is -2.32. The van der Waals surface area contributed by atoms with E-state index in [4.69, 9.17) is 9.15 Å². The quantitative estimate of drug-likeness (QED) is 0.184. The van der Waals surface area contributed by atoms with Gasteiger partial charge in [-0.1, -0.05) is 121 Å². The third kappa shape index (κ3) is 3.88. The molecule has 1 aliphatic heterocycles. The maximum Gasteiger partial charge on any atom is 0.137 e. The van der Waals surface area contributed by atoms with Crippen molar-refractivity contribution in [3.63, 3.8) is 0 Å². The van der Waals surface area contributed by atoms with Crippen molar-refractivity contribution in [2.45, 2.75) is 5.41 Å². The minimum atomic E-state index is -0.514. The summed E-state index contributed by atoms with van der Waals surface area (Å²) in [4.78, 5) is 2.37. The predicted molar refractivity (Wildman–Crippen MR) is 219 cm³/mol. The highest BCUT2D eigenvalue weighted by molar-refractivity contribution is 7.26. The van der Waals surface area contributed by atoms with Gasteiger partial charge in [-0.25, -0.2) is 0 Å². The molecule has 0 saturated heterocycles. The van der Waals surface area contributed by atoms with Gasteiger partial charge in [0.1, 0.15) is 22.7 Å². The summed E-state index contributed by atoms with van der Waals surface area (Å²) < 4.78 is 15.9. The van der Waals surface area contributed by atoms with Crippen molar-refractivity contribution in [3.8, 4) is 22.6 Å². The van der Waals surface area contributed by atoms with E-state index in [1.807, 2.05) is 23.5 Å². The van der Waals surface area contributed by atoms with E-state index in [2.05, 4.69) is 169 Å². The van der Waals surface area contributed by atoms with Gasteiger partial charge in [-0.3, -0.25) is 0 Å². The summed E-state index contributed by atoms with van der Waals surface area (Å²) in [5, 5.41) is 4.75. The Morgan fingerprint density at radius 3 is 1.91 bits per heavy atom. The summed E-state index contributed by atoms with van der Waals surface area (Å²) in [5.74, 6) is 1.73. The van der Waals surface area contributed by atoms with Crippen LogP contribution in [0.4, 0.5) is 17.1 Å². The number of ether oxygens (including phenoxy) is 1. The molecule has 0 amide bonds. The number of rotatable bonds is 3. The van der Waals surface area contributed by atoms with Gasteiger partial charge in [-0.15, -0.1) is 11.3 Å². The van der Waals surface area contributed by atoms with Crippen LogP contribution in [0.2, 0.25) is 0 Å². The molecular formula is C49H29NO2S. The zero-order valence-electron chi connectivity index (χ0n) is 28.4. The molecule has 0 unspecified atom stereocenters. The van der Waals surface area contributed by atoms with Crippen molar-refractivity contribution in [3.05, 3.63) is 198 Å². The third-order valence-corrected chi connectivity index (χ3v) is 12.5. The third-order valence-electron chi connectivity index (χ3n) is 11.3. The molecule has 0 fully saturated rings. The molecule has 4 heteroatoms. The van der Waals surface area contributed by atoms with Crippen LogP contribution in [0.5, 0.6) is 11.5 Å². The van der Waals surface area contributed by atoms with Gasteiger partial charge in [0.15, 0.2) is 0 Å². The fraction of sp³-hybridized carbons (Fsp3) is 0.0204. The number of thiophene rings is 1. The van der Waals surface area contributed by atoms with Crippen molar-refractivity contribution >= 4 is 70.5 Å². The van der Waals surface area contributed by atoms with Crippen molar-refractivity contribution in [2.75, 3.05) is 4.90 Å². The fourth-order valence-corrected chi connectivity index (χ4v) is 10.4. The second-order valence-corrected chi connectivity index (χ2v) is 15.0. The molecule has 0 N–H and O–H groups in total. The molecule has 53 heavy (non-hydrogen) atoms. The molecule has 3 heterocycles. The van der Waals surface area contributed by atoms with Gasteiger partial charge in [-0.05, 0) is 64.7 Å². The highest BCUT2D eigenvalue weighted by Crippen LogP contribution is 2.62. The lowest BCUT2D eigenvalue weighted by molar-refractivity contribution is 0.436. The number of benzene rings is 8. The minimum absolute atomic E-state index is 0.514. The van der Waals surface area contributed by atoms with Gasteiger partial charge in [0.05, 0.1) is 15.8 Å². The first-order valence-electron chi connectivity index (χ1n) is 18.0. The second-order valence-electron chi connectivity index (χ2n) is 14.0. The van der Waals surface area contributed by atoms with Gasteiger partial charge in [-0.2, -0.15) is 0 Å². The number of anilines is 3. The maximum atomic E-state index is 6.96. The Kier molecular flexibility index (Phi) is 5.86. The normalized spacial score (nSPS) is 13.6. The Morgan fingerprint density at radius 2 is 1.06 bits per heavy atom. The number of fused-ring (bicyclic) bond motifs is 15. The molecule has 3 nitrogen and oxygen atoms in total. The summed E-state index contributed by atoms with van der Waals surface area (Å²) in [7, 11) is 0. The Labute approximate surface area is 309 Å². The Morgan fingerprint density at radius 1 is 0.434 bits per heavy atom. The second kappa shape index (κ2) is 10.7. The van der Waals surface area contributed by atoms with Gasteiger partial charge >= 0.3 is 0 Å². The summed E-state index contributed by atoms with van der Waals surface area (Å²) in [6.07, 6.45) is 0. The average molecular weight is 696 g/mol. The number of hydrogen-bond donors (Lipinski definition) is 0. The van der Waals surface area contributed by atoms with Crippen molar-refractivity contribution < 1.29 is 9.15 Å². The van der Waals surface area contributed by atoms with E-state index in [9.17, 15) is 0 Å². The summed E-state index contributed by atoms with van der Waals surface area (Å²) >= 11 is 1.84. The van der Waals surface area contributed by atoms with Crippen LogP contribution >= 0.6 is 11.3 Å². The van der Waals surface area contributed by atoms with Crippen LogP contribution < -0.4 is 9.64 Å². The highest BCUT2D eigenvalue weighted by Gasteiger charge is 2.51. The molecule has 0 bridgehead atoms. The van der Waals surface area contributed by atoms with Crippen LogP contribution in [0.25, 0.3) is 53.2 Å². The fourth-order valence-electron chi connectivity index (χ4n) is 9.18. The first-order chi connectivity index (χ1) is 26.3. The predicted octanol–water partition coefficient (Wildman–Crippen LogP) is 13.9. The number of para-hydroxylation sites is 2. The van der Waals surface area contributed by atoms with Crippen LogP contribution in [0.15, 0.2) is 180 Å². The van der Waals surface area contributed by atoms with Crippen LogP contribution in [-0.2, 0) is 5.41 Å². The largest absolute Gasteiger partial charge is 0.457 e. The molecule has 2 aliphatic rings. The molecule has 2 aromatic heterocycles. The monoisotopic (exact) mass is 695 g/mol. The zero-order valence-corrected chi connectivity index (χ0v) is 29.2. The molecule has 0 radical (unpaired) electrons. The zero-order chi connectivity index (χ0) is 34.7. The van der Waals surface area contributed by atoms with E-state index in [0.717, 1.165) is 56.1 Å². The molecule has 1 spiro atoms. The van der Waals surface area contributed by atoms with Gasteiger partial charge in [0.25, 0.3) is 0 Å². The van der Waals surface area contributed by atoms with Crippen LogP contribution in [0.3, 0.4) is 0 Å². The average Bonchev–Trinajstić information content (AvgIpc) is 3.87. The van der Waals surface area contributed by atoms with E-state index in [-0.39, 0.29) is 0 Å². The SMILES string of the molecule is c1ccc2c(c1)Oc1cc(N(c3ccc4c(c3)oc3ccccc34)c3cccc4c3sc3ccccc34)ccc1C21c2ccccc2-c2ccccc21. The number of hydrogen-bond acceptors (Lipinski definition) is 4. The first-order valence-corrected chi connectivity index (χ1v) is 18.8. The van der Waals surface area contributed by atoms with E-state index >= 15 is 0 Å². The molecule has 8 aromatic carbocycles. The maximum absolute atomic E-state index is 6.96. The highest BCUT2D eigenvalue weighted by atomic mass is 32.1. The smallest absolute Gasteiger partial charge is 0.137 e. The number of furan rings is 1. The van der Waals surface area contributed by atoms with Crippen LogP contribution in [0, 0.1) is 0 Å². The molecule has 248 valence electrons. The molecule has 1 aliphatic carbocycles. The Balaban J connectivity index is 1.13.